The Kier molecular flexibility index (Phi) is 6.12. The number of β-amino-alcohol motifs (C(OH)–C–C–N with tert-alkyl or cyclic N) is 1. The summed E-state index contributed by atoms with van der Waals surface area (Å²) in [6, 6.07) is 8.50. The number of aliphatic hydroxyl groups is 1. The highest BCUT2D eigenvalue weighted by atomic mass is 35.5. The van der Waals surface area contributed by atoms with Crippen LogP contribution >= 0.6 is 12.4 Å². The Morgan fingerprint density at radius 2 is 1.78 bits per heavy atom. The third-order valence-electron chi connectivity index (χ3n) is 5.28. The van der Waals surface area contributed by atoms with Crippen molar-refractivity contribution in [3.05, 3.63) is 35.5 Å². The first-order chi connectivity index (χ1) is 10.6. The molecule has 0 radical (unpaired) electrons. The smallest absolute Gasteiger partial charge is 0.0845 e. The molecule has 3 rings (SSSR count). The molecule has 1 aliphatic rings. The monoisotopic (exact) mass is 336 g/mol. The molecule has 0 saturated carbocycles. The number of rotatable bonds is 4. The van der Waals surface area contributed by atoms with E-state index in [0.29, 0.717) is 6.54 Å². The number of hydrogen-bond donors (Lipinski definition) is 1. The van der Waals surface area contributed by atoms with Gasteiger partial charge in [0.2, 0.25) is 0 Å². The van der Waals surface area contributed by atoms with E-state index in [0.717, 1.165) is 25.6 Å². The van der Waals surface area contributed by atoms with Crippen molar-refractivity contribution >= 4 is 23.3 Å². The Morgan fingerprint density at radius 1 is 1.13 bits per heavy atom. The first kappa shape index (κ1) is 18.3. The molecular weight excluding hydrogens is 308 g/mol. The van der Waals surface area contributed by atoms with Crippen LogP contribution in [0.1, 0.15) is 31.0 Å². The summed E-state index contributed by atoms with van der Waals surface area (Å²) in [5.41, 5.74) is 3.84. The molecule has 1 aromatic carbocycles. The summed E-state index contributed by atoms with van der Waals surface area (Å²) < 4.78 is 2.28. The van der Waals surface area contributed by atoms with E-state index in [9.17, 15) is 5.11 Å². The van der Waals surface area contributed by atoms with E-state index >= 15 is 0 Å². The van der Waals surface area contributed by atoms with Gasteiger partial charge in [-0.25, -0.2) is 0 Å². The van der Waals surface area contributed by atoms with Gasteiger partial charge in [-0.1, -0.05) is 25.1 Å². The van der Waals surface area contributed by atoms with Gasteiger partial charge in [-0.15, -0.1) is 12.4 Å². The topological polar surface area (TPSA) is 28.4 Å². The van der Waals surface area contributed by atoms with Gasteiger partial charge in [-0.05, 0) is 57.3 Å². The van der Waals surface area contributed by atoms with E-state index in [-0.39, 0.29) is 18.5 Å². The number of aromatic nitrogens is 1. The molecule has 0 spiro atoms. The maximum absolute atomic E-state index is 10.6. The third kappa shape index (κ3) is 3.90. The van der Waals surface area contributed by atoms with Crippen molar-refractivity contribution in [2.45, 2.75) is 46.3 Å². The molecule has 2 heterocycles. The Balaban J connectivity index is 0.00000192. The lowest BCUT2D eigenvalue weighted by molar-refractivity contribution is 0.0806. The Bertz CT molecular complexity index is 644. The predicted molar refractivity (Wildman–Crippen MR) is 99.5 cm³/mol. The van der Waals surface area contributed by atoms with Gasteiger partial charge in [0, 0.05) is 23.1 Å². The van der Waals surface area contributed by atoms with Crippen molar-refractivity contribution in [3.8, 4) is 0 Å². The van der Waals surface area contributed by atoms with E-state index in [4.69, 9.17) is 0 Å². The summed E-state index contributed by atoms with van der Waals surface area (Å²) in [6.07, 6.45) is 2.22. The quantitative estimate of drug-likeness (QED) is 0.920. The Morgan fingerprint density at radius 3 is 2.48 bits per heavy atom. The molecule has 0 bridgehead atoms. The van der Waals surface area contributed by atoms with Gasteiger partial charge in [0.25, 0.3) is 0 Å². The van der Waals surface area contributed by atoms with Crippen LogP contribution in [0.5, 0.6) is 0 Å². The minimum atomic E-state index is -0.303. The normalized spacial score (nSPS) is 18.1. The zero-order valence-electron chi connectivity index (χ0n) is 14.5. The number of piperidine rings is 1. The van der Waals surface area contributed by atoms with Gasteiger partial charge in [0.05, 0.1) is 12.6 Å². The van der Waals surface area contributed by atoms with E-state index in [1.165, 1.54) is 35.0 Å². The minimum Gasteiger partial charge on any atom is -0.390 e. The molecule has 0 aliphatic carbocycles. The molecule has 3 nitrogen and oxygen atoms in total. The fourth-order valence-electron chi connectivity index (χ4n) is 3.65. The van der Waals surface area contributed by atoms with E-state index in [2.05, 4.69) is 54.5 Å². The molecular formula is C19H29ClN2O. The maximum atomic E-state index is 10.6. The molecule has 1 saturated heterocycles. The molecule has 1 aromatic heterocycles. The first-order valence-corrected chi connectivity index (χ1v) is 8.51. The zero-order chi connectivity index (χ0) is 15.7. The van der Waals surface area contributed by atoms with Crippen LogP contribution in [0.25, 0.3) is 10.9 Å². The molecule has 128 valence electrons. The number of benzene rings is 1. The van der Waals surface area contributed by atoms with Crippen LogP contribution in [-0.4, -0.2) is 40.3 Å². The minimum absolute atomic E-state index is 0. The van der Waals surface area contributed by atoms with Crippen molar-refractivity contribution in [1.29, 1.82) is 0 Å². The van der Waals surface area contributed by atoms with Crippen LogP contribution in [0.4, 0.5) is 0 Å². The second-order valence-corrected chi connectivity index (χ2v) is 6.98. The van der Waals surface area contributed by atoms with Crippen LogP contribution in [0.15, 0.2) is 24.3 Å². The number of aryl methyl sites for hydroxylation is 1. The van der Waals surface area contributed by atoms with Crippen molar-refractivity contribution in [3.63, 3.8) is 0 Å². The van der Waals surface area contributed by atoms with E-state index < -0.39 is 0 Å². The highest BCUT2D eigenvalue weighted by Gasteiger charge is 2.20. The van der Waals surface area contributed by atoms with Crippen LogP contribution in [0.3, 0.4) is 0 Å². The summed E-state index contributed by atoms with van der Waals surface area (Å²) >= 11 is 0. The molecule has 2 aromatic rings. The Labute approximate surface area is 145 Å². The fraction of sp³-hybridized carbons (Fsp3) is 0.579. The first-order valence-electron chi connectivity index (χ1n) is 8.51. The van der Waals surface area contributed by atoms with E-state index in [1.54, 1.807) is 0 Å². The number of likely N-dealkylation sites (tertiary alicyclic amines) is 1. The van der Waals surface area contributed by atoms with Crippen molar-refractivity contribution in [1.82, 2.24) is 9.47 Å². The molecule has 1 N–H and O–H groups in total. The van der Waals surface area contributed by atoms with Gasteiger partial charge in [0.1, 0.15) is 0 Å². The summed E-state index contributed by atoms with van der Waals surface area (Å²) in [4.78, 5) is 2.42. The molecule has 1 fully saturated rings. The van der Waals surface area contributed by atoms with Crippen LogP contribution < -0.4 is 0 Å². The molecule has 4 heteroatoms. The number of halogens is 1. The Hall–Kier alpha value is -1.03. The molecule has 1 atom stereocenters. The summed E-state index contributed by atoms with van der Waals surface area (Å²) in [7, 11) is 0. The lowest BCUT2D eigenvalue weighted by Crippen LogP contribution is -2.39. The number of nitrogens with zero attached hydrogens (tertiary/aromatic N) is 2. The standard InChI is InChI=1S/C19H28N2O.ClH/c1-14-8-10-20(11-9-14)12-17(22)13-21-16(3)15(2)18-6-4-5-7-19(18)21;/h4-7,14,17,22H,8-13H2,1-3H3;1H. The number of aliphatic hydroxyl groups excluding tert-OH is 1. The third-order valence-corrected chi connectivity index (χ3v) is 5.28. The SMILES string of the molecule is Cc1c(C)n(CC(O)CN2CCC(C)CC2)c2ccccc12.Cl. The van der Waals surface area contributed by atoms with Crippen LogP contribution in [0.2, 0.25) is 0 Å². The average molecular weight is 337 g/mol. The van der Waals surface area contributed by atoms with Crippen LogP contribution in [-0.2, 0) is 6.54 Å². The molecule has 1 aliphatic heterocycles. The lowest BCUT2D eigenvalue weighted by Gasteiger charge is -2.31. The highest BCUT2D eigenvalue weighted by molar-refractivity contribution is 5.85. The second-order valence-electron chi connectivity index (χ2n) is 6.98. The predicted octanol–water partition coefficient (Wildman–Crippen LogP) is 3.77. The summed E-state index contributed by atoms with van der Waals surface area (Å²) in [5.74, 6) is 0.840. The molecule has 0 amide bonds. The maximum Gasteiger partial charge on any atom is 0.0845 e. The summed E-state index contributed by atoms with van der Waals surface area (Å²) in [5, 5.41) is 11.9. The highest BCUT2D eigenvalue weighted by Crippen LogP contribution is 2.25. The fourth-order valence-corrected chi connectivity index (χ4v) is 3.65. The van der Waals surface area contributed by atoms with Gasteiger partial charge in [-0.2, -0.15) is 0 Å². The van der Waals surface area contributed by atoms with Gasteiger partial charge >= 0.3 is 0 Å². The van der Waals surface area contributed by atoms with Crippen molar-refractivity contribution < 1.29 is 5.11 Å². The number of para-hydroxylation sites is 1. The van der Waals surface area contributed by atoms with Crippen molar-refractivity contribution in [2.75, 3.05) is 19.6 Å². The second kappa shape index (κ2) is 7.69. The van der Waals surface area contributed by atoms with E-state index in [1.807, 2.05) is 0 Å². The number of hydrogen-bond acceptors (Lipinski definition) is 2. The van der Waals surface area contributed by atoms with Gasteiger partial charge in [-0.3, -0.25) is 0 Å². The van der Waals surface area contributed by atoms with Crippen LogP contribution in [0, 0.1) is 19.8 Å². The molecule has 1 unspecified atom stereocenters. The zero-order valence-corrected chi connectivity index (χ0v) is 15.3. The van der Waals surface area contributed by atoms with Crippen molar-refractivity contribution in [2.24, 2.45) is 5.92 Å². The van der Waals surface area contributed by atoms with Gasteiger partial charge in [0.15, 0.2) is 0 Å². The largest absolute Gasteiger partial charge is 0.390 e. The average Bonchev–Trinajstić information content (AvgIpc) is 2.75. The lowest BCUT2D eigenvalue weighted by atomic mass is 9.99. The van der Waals surface area contributed by atoms with Gasteiger partial charge < -0.3 is 14.6 Å². The molecule has 23 heavy (non-hydrogen) atoms. The summed E-state index contributed by atoms with van der Waals surface area (Å²) in [6.45, 7) is 10.4. The number of fused-ring (bicyclic) bond motifs is 1.